The van der Waals surface area contributed by atoms with Gasteiger partial charge in [-0.25, -0.2) is 4.98 Å². The maximum absolute atomic E-state index is 13.5. The normalized spacial score (nSPS) is 24.5. The van der Waals surface area contributed by atoms with Gasteiger partial charge < -0.3 is 14.8 Å². The molecule has 0 spiro atoms. The van der Waals surface area contributed by atoms with Crippen molar-refractivity contribution in [3.8, 4) is 0 Å². The summed E-state index contributed by atoms with van der Waals surface area (Å²) in [5.41, 5.74) is 1.58. The third-order valence-corrected chi connectivity index (χ3v) is 7.54. The van der Waals surface area contributed by atoms with Crippen LogP contribution < -0.4 is 10.9 Å². The maximum atomic E-state index is 13.5. The second-order valence-electron chi connectivity index (χ2n) is 8.51. The summed E-state index contributed by atoms with van der Waals surface area (Å²) < 4.78 is 13.4. The summed E-state index contributed by atoms with van der Waals surface area (Å²) in [6.45, 7) is 4.38. The molecular formula is C23H26N4O4S2. The van der Waals surface area contributed by atoms with Crippen molar-refractivity contribution in [2.45, 2.75) is 44.8 Å². The van der Waals surface area contributed by atoms with Crippen molar-refractivity contribution in [2.75, 3.05) is 31.6 Å². The smallest absolute Gasteiger partial charge is 0.267 e. The molecule has 3 aliphatic heterocycles. The predicted molar refractivity (Wildman–Crippen MR) is 133 cm³/mol. The monoisotopic (exact) mass is 486 g/mol. The van der Waals surface area contributed by atoms with Crippen LogP contribution in [0.4, 0.5) is 5.82 Å². The lowest BCUT2D eigenvalue weighted by Crippen LogP contribution is -2.35. The average molecular weight is 487 g/mol. The van der Waals surface area contributed by atoms with Gasteiger partial charge in [-0.05, 0) is 50.3 Å². The highest BCUT2D eigenvalue weighted by Gasteiger charge is 2.35. The van der Waals surface area contributed by atoms with Gasteiger partial charge in [0.25, 0.3) is 11.5 Å². The molecule has 3 fully saturated rings. The highest BCUT2D eigenvalue weighted by molar-refractivity contribution is 8.26. The first-order valence-electron chi connectivity index (χ1n) is 11.3. The number of hydrogen-bond acceptors (Lipinski definition) is 8. The van der Waals surface area contributed by atoms with E-state index in [1.165, 1.54) is 16.2 Å². The first-order valence-corrected chi connectivity index (χ1v) is 12.5. The second-order valence-corrected chi connectivity index (χ2v) is 10.2. The number of pyridine rings is 1. The number of amides is 1. The minimum atomic E-state index is -0.233. The Hall–Kier alpha value is -2.27. The zero-order valence-electron chi connectivity index (χ0n) is 18.4. The first-order chi connectivity index (χ1) is 16.0. The van der Waals surface area contributed by atoms with Crippen LogP contribution in [-0.4, -0.2) is 63.0 Å². The Balaban J connectivity index is 1.50. The molecule has 3 saturated heterocycles. The fraction of sp³-hybridized carbons (Fsp3) is 0.478. The van der Waals surface area contributed by atoms with Gasteiger partial charge in [-0.1, -0.05) is 30.0 Å². The minimum Gasteiger partial charge on any atom is -0.376 e. The lowest BCUT2D eigenvalue weighted by atomic mass is 10.2. The fourth-order valence-corrected chi connectivity index (χ4v) is 5.63. The molecule has 1 amide bonds. The zero-order valence-corrected chi connectivity index (χ0v) is 20.0. The Labute approximate surface area is 201 Å². The number of rotatable bonds is 6. The minimum absolute atomic E-state index is 0.00595. The largest absolute Gasteiger partial charge is 0.376 e. The SMILES string of the molecule is Cc1cccn2c(=O)c(/C=C3\SC(=S)N(C[C@@H]4CCCO4)C3=O)c(NC[C@H]3CCCO3)nc12. The van der Waals surface area contributed by atoms with E-state index in [4.69, 9.17) is 26.7 Å². The number of aryl methyl sites for hydroxylation is 1. The summed E-state index contributed by atoms with van der Waals surface area (Å²) in [5.74, 6) is 0.258. The van der Waals surface area contributed by atoms with Crippen LogP contribution in [0.25, 0.3) is 11.7 Å². The molecule has 1 N–H and O–H groups in total. The van der Waals surface area contributed by atoms with Gasteiger partial charge in [-0.15, -0.1) is 0 Å². The molecule has 2 aromatic rings. The molecule has 3 aliphatic rings. The number of nitrogens with zero attached hydrogens (tertiary/aromatic N) is 3. The molecule has 0 aromatic carbocycles. The van der Waals surface area contributed by atoms with E-state index in [1.807, 2.05) is 19.1 Å². The summed E-state index contributed by atoms with van der Waals surface area (Å²) >= 11 is 6.68. The van der Waals surface area contributed by atoms with Crippen LogP contribution in [-0.2, 0) is 14.3 Å². The van der Waals surface area contributed by atoms with E-state index in [2.05, 4.69) is 5.32 Å². The van der Waals surface area contributed by atoms with Crippen molar-refractivity contribution >= 4 is 51.7 Å². The van der Waals surface area contributed by atoms with Crippen LogP contribution in [0.15, 0.2) is 28.0 Å². The molecule has 2 aromatic heterocycles. The van der Waals surface area contributed by atoms with Gasteiger partial charge in [0.1, 0.15) is 15.8 Å². The highest BCUT2D eigenvalue weighted by atomic mass is 32.2. The Bertz CT molecular complexity index is 1180. The molecule has 33 heavy (non-hydrogen) atoms. The number of fused-ring (bicyclic) bond motifs is 1. The number of anilines is 1. The van der Waals surface area contributed by atoms with E-state index >= 15 is 0 Å². The van der Waals surface area contributed by atoms with E-state index in [9.17, 15) is 9.59 Å². The van der Waals surface area contributed by atoms with Crippen molar-refractivity contribution in [1.82, 2.24) is 14.3 Å². The van der Waals surface area contributed by atoms with Crippen LogP contribution in [0.5, 0.6) is 0 Å². The number of nitrogens with one attached hydrogen (secondary N) is 1. The third kappa shape index (κ3) is 4.57. The molecule has 2 atom stereocenters. The summed E-state index contributed by atoms with van der Waals surface area (Å²) in [6, 6.07) is 3.73. The molecule has 0 saturated carbocycles. The standard InChI is InChI=1S/C23H26N4O4S2/c1-14-5-2-8-26-20(14)25-19(24-12-15-6-3-9-30-15)17(21(26)28)11-18-22(29)27(23(32)33-18)13-16-7-4-10-31-16/h2,5,8,11,15-16,24H,3-4,6-7,9-10,12-13H2,1H3/b18-11-/t15-,16+/m1/s1. The third-order valence-electron chi connectivity index (χ3n) is 6.16. The zero-order chi connectivity index (χ0) is 22.9. The second kappa shape index (κ2) is 9.54. The van der Waals surface area contributed by atoms with Gasteiger partial charge >= 0.3 is 0 Å². The number of ether oxygens (including phenoxy) is 2. The van der Waals surface area contributed by atoms with Gasteiger partial charge in [0, 0.05) is 26.0 Å². The van der Waals surface area contributed by atoms with Gasteiger partial charge in [-0.3, -0.25) is 18.9 Å². The van der Waals surface area contributed by atoms with Crippen LogP contribution in [0, 0.1) is 6.92 Å². The number of thiocarbonyl (C=S) groups is 1. The number of carbonyl (C=O) groups excluding carboxylic acids is 1. The number of aromatic nitrogens is 2. The molecule has 5 heterocycles. The molecule has 10 heteroatoms. The maximum Gasteiger partial charge on any atom is 0.267 e. The lowest BCUT2D eigenvalue weighted by molar-refractivity contribution is -0.123. The van der Waals surface area contributed by atoms with Gasteiger partial charge in [-0.2, -0.15) is 0 Å². The number of carbonyl (C=O) groups is 1. The van der Waals surface area contributed by atoms with Crippen LogP contribution >= 0.6 is 24.0 Å². The summed E-state index contributed by atoms with van der Waals surface area (Å²) in [6.07, 6.45) is 7.32. The van der Waals surface area contributed by atoms with Crippen molar-refractivity contribution in [3.05, 3.63) is 44.7 Å². The summed E-state index contributed by atoms with van der Waals surface area (Å²) in [5, 5.41) is 3.30. The Morgan fingerprint density at radius 3 is 2.73 bits per heavy atom. The Morgan fingerprint density at radius 2 is 2.00 bits per heavy atom. The molecule has 0 bridgehead atoms. The van der Waals surface area contributed by atoms with E-state index in [0.717, 1.165) is 37.9 Å². The molecule has 5 rings (SSSR count). The van der Waals surface area contributed by atoms with Gasteiger partial charge in [0.05, 0.1) is 29.2 Å². The van der Waals surface area contributed by atoms with E-state index in [0.29, 0.717) is 46.0 Å². The molecule has 0 unspecified atom stereocenters. The fourth-order valence-electron chi connectivity index (χ4n) is 4.37. The van der Waals surface area contributed by atoms with Crippen molar-refractivity contribution in [3.63, 3.8) is 0 Å². The van der Waals surface area contributed by atoms with Crippen LogP contribution in [0.2, 0.25) is 0 Å². The van der Waals surface area contributed by atoms with Gasteiger partial charge in [0.15, 0.2) is 0 Å². The molecule has 0 radical (unpaired) electrons. The predicted octanol–water partition coefficient (Wildman–Crippen LogP) is 2.97. The summed E-state index contributed by atoms with van der Waals surface area (Å²) in [4.78, 5) is 33.3. The first kappa shape index (κ1) is 22.5. The quantitative estimate of drug-likeness (QED) is 0.493. The highest BCUT2D eigenvalue weighted by Crippen LogP contribution is 2.34. The van der Waals surface area contributed by atoms with Crippen LogP contribution in [0.3, 0.4) is 0 Å². The Morgan fingerprint density at radius 1 is 1.24 bits per heavy atom. The van der Waals surface area contributed by atoms with E-state index in [-0.39, 0.29) is 23.7 Å². The van der Waals surface area contributed by atoms with E-state index < -0.39 is 0 Å². The van der Waals surface area contributed by atoms with Crippen molar-refractivity contribution in [1.29, 1.82) is 0 Å². The van der Waals surface area contributed by atoms with Gasteiger partial charge in [0.2, 0.25) is 0 Å². The lowest BCUT2D eigenvalue weighted by Gasteiger charge is -2.18. The molecule has 0 aliphatic carbocycles. The number of thioether (sulfide) groups is 1. The Kier molecular flexibility index (Phi) is 6.51. The molecule has 174 valence electrons. The molecule has 8 nitrogen and oxygen atoms in total. The van der Waals surface area contributed by atoms with Crippen molar-refractivity contribution < 1.29 is 14.3 Å². The molecular weight excluding hydrogens is 460 g/mol. The van der Waals surface area contributed by atoms with Crippen LogP contribution in [0.1, 0.15) is 36.8 Å². The topological polar surface area (TPSA) is 85.2 Å². The number of hydrogen-bond donors (Lipinski definition) is 1. The van der Waals surface area contributed by atoms with Crippen molar-refractivity contribution in [2.24, 2.45) is 0 Å². The van der Waals surface area contributed by atoms with E-state index in [1.54, 1.807) is 17.2 Å². The average Bonchev–Trinajstić information content (AvgIpc) is 3.55. The summed E-state index contributed by atoms with van der Waals surface area (Å²) in [7, 11) is 0.